The normalized spacial score (nSPS) is 25.4. The number of carbonyl (C=O) groups excluding carboxylic acids is 2. The average Bonchev–Trinajstić information content (AvgIpc) is 2.89. The zero-order valence-electron chi connectivity index (χ0n) is 9.11. The van der Waals surface area contributed by atoms with Gasteiger partial charge in [-0.3, -0.25) is 15.0 Å². The van der Waals surface area contributed by atoms with E-state index in [1.165, 1.54) is 0 Å². The van der Waals surface area contributed by atoms with Crippen molar-refractivity contribution in [3.63, 3.8) is 0 Å². The molecule has 3 N–H and O–H groups in total. The van der Waals surface area contributed by atoms with Crippen molar-refractivity contribution in [2.45, 2.75) is 31.4 Å². The van der Waals surface area contributed by atoms with Crippen LogP contribution in [-0.4, -0.2) is 53.7 Å². The van der Waals surface area contributed by atoms with Gasteiger partial charge in [0.1, 0.15) is 0 Å². The standard InChI is InChI=1S/C10H17N3O3/c14-8-3-4-13(5-8)6-9(15)12-10(16)11-7-1-2-7/h7-8,14H,1-6H2,(H2,11,12,15,16)/t8-/m1/s1. The van der Waals surface area contributed by atoms with Gasteiger partial charge in [-0.15, -0.1) is 0 Å². The quantitative estimate of drug-likeness (QED) is 0.580. The summed E-state index contributed by atoms with van der Waals surface area (Å²) >= 11 is 0. The van der Waals surface area contributed by atoms with Crippen LogP contribution in [0.5, 0.6) is 0 Å². The van der Waals surface area contributed by atoms with Gasteiger partial charge in [0.05, 0.1) is 12.6 Å². The minimum atomic E-state index is -0.410. The van der Waals surface area contributed by atoms with Gasteiger partial charge in [0, 0.05) is 19.1 Å². The fourth-order valence-electron chi connectivity index (χ4n) is 1.77. The number of nitrogens with zero attached hydrogens (tertiary/aromatic N) is 1. The van der Waals surface area contributed by atoms with Crippen LogP contribution in [0.1, 0.15) is 19.3 Å². The van der Waals surface area contributed by atoms with E-state index < -0.39 is 6.03 Å². The lowest BCUT2D eigenvalue weighted by molar-refractivity contribution is -0.121. The SMILES string of the molecule is O=C(CN1CC[C@@H](O)C1)NC(=O)NC1CC1. The van der Waals surface area contributed by atoms with E-state index in [1.54, 1.807) is 0 Å². The van der Waals surface area contributed by atoms with Crippen LogP contribution in [0.3, 0.4) is 0 Å². The van der Waals surface area contributed by atoms with E-state index in [9.17, 15) is 14.7 Å². The van der Waals surface area contributed by atoms with Gasteiger partial charge in [-0.1, -0.05) is 0 Å². The number of hydrogen-bond acceptors (Lipinski definition) is 4. The van der Waals surface area contributed by atoms with Crippen molar-refractivity contribution >= 4 is 11.9 Å². The first-order chi connectivity index (χ1) is 7.63. The van der Waals surface area contributed by atoms with Crippen LogP contribution in [0.4, 0.5) is 4.79 Å². The molecule has 1 atom stereocenters. The summed E-state index contributed by atoms with van der Waals surface area (Å²) in [5.74, 6) is -0.313. The first-order valence-electron chi connectivity index (χ1n) is 5.64. The Kier molecular flexibility index (Phi) is 3.40. The van der Waals surface area contributed by atoms with Gasteiger partial charge in [0.2, 0.25) is 5.91 Å². The number of β-amino-alcohol motifs (C(OH)–C–C–N with tert-alkyl or cyclic N) is 1. The van der Waals surface area contributed by atoms with Crippen molar-refractivity contribution < 1.29 is 14.7 Å². The number of imide groups is 1. The molecular formula is C10H17N3O3. The Balaban J connectivity index is 1.65. The van der Waals surface area contributed by atoms with Crippen LogP contribution in [0.25, 0.3) is 0 Å². The van der Waals surface area contributed by atoms with Gasteiger partial charge >= 0.3 is 6.03 Å². The molecule has 1 aliphatic heterocycles. The number of urea groups is 1. The second kappa shape index (κ2) is 4.80. The van der Waals surface area contributed by atoms with Crippen LogP contribution in [-0.2, 0) is 4.79 Å². The van der Waals surface area contributed by atoms with Gasteiger partial charge in [0.15, 0.2) is 0 Å². The molecule has 0 unspecified atom stereocenters. The molecule has 3 amide bonds. The number of aliphatic hydroxyl groups is 1. The van der Waals surface area contributed by atoms with Gasteiger partial charge in [-0.05, 0) is 19.3 Å². The molecule has 90 valence electrons. The zero-order valence-corrected chi connectivity index (χ0v) is 9.11. The molecule has 2 aliphatic rings. The average molecular weight is 227 g/mol. The number of hydrogen-bond donors (Lipinski definition) is 3. The van der Waals surface area contributed by atoms with Gasteiger partial charge in [0.25, 0.3) is 0 Å². The summed E-state index contributed by atoms with van der Waals surface area (Å²) in [6.45, 7) is 1.39. The predicted molar refractivity (Wildman–Crippen MR) is 56.8 cm³/mol. The van der Waals surface area contributed by atoms with Crippen LogP contribution in [0, 0.1) is 0 Å². The summed E-state index contributed by atoms with van der Waals surface area (Å²) < 4.78 is 0. The number of likely N-dealkylation sites (tertiary alicyclic amines) is 1. The van der Waals surface area contributed by atoms with Gasteiger partial charge in [-0.2, -0.15) is 0 Å². The Labute approximate surface area is 94.0 Å². The first kappa shape index (κ1) is 11.3. The largest absolute Gasteiger partial charge is 0.392 e. The molecule has 6 heteroatoms. The van der Waals surface area contributed by atoms with Crippen molar-refractivity contribution in [1.82, 2.24) is 15.5 Å². The summed E-state index contributed by atoms with van der Waals surface area (Å²) in [4.78, 5) is 24.5. The second-order valence-corrected chi connectivity index (χ2v) is 4.47. The minimum Gasteiger partial charge on any atom is -0.392 e. The van der Waals surface area contributed by atoms with Crippen molar-refractivity contribution in [3.05, 3.63) is 0 Å². The van der Waals surface area contributed by atoms with Gasteiger partial charge < -0.3 is 10.4 Å². The highest BCUT2D eigenvalue weighted by Gasteiger charge is 2.25. The van der Waals surface area contributed by atoms with Gasteiger partial charge in [-0.25, -0.2) is 4.79 Å². The van der Waals surface area contributed by atoms with Crippen LogP contribution >= 0.6 is 0 Å². The molecule has 0 aromatic carbocycles. The highest BCUT2D eigenvalue weighted by molar-refractivity contribution is 5.95. The van der Waals surface area contributed by atoms with E-state index in [1.807, 2.05) is 4.90 Å². The summed E-state index contributed by atoms with van der Waals surface area (Å²) in [5, 5.41) is 14.2. The Morgan fingerprint density at radius 1 is 1.31 bits per heavy atom. The maximum absolute atomic E-state index is 11.4. The van der Waals surface area contributed by atoms with Crippen LogP contribution in [0.2, 0.25) is 0 Å². The summed E-state index contributed by atoms with van der Waals surface area (Å²) in [6, 6.07) is -0.159. The highest BCUT2D eigenvalue weighted by Crippen LogP contribution is 2.18. The third-order valence-electron chi connectivity index (χ3n) is 2.78. The molecular weight excluding hydrogens is 210 g/mol. The monoisotopic (exact) mass is 227 g/mol. The Morgan fingerprint density at radius 3 is 2.62 bits per heavy atom. The maximum atomic E-state index is 11.4. The molecule has 1 saturated heterocycles. The van der Waals surface area contributed by atoms with E-state index in [0.29, 0.717) is 19.5 Å². The fraction of sp³-hybridized carbons (Fsp3) is 0.800. The van der Waals surface area contributed by atoms with Crippen molar-refractivity contribution in [2.24, 2.45) is 0 Å². The number of nitrogens with one attached hydrogen (secondary N) is 2. The molecule has 0 aromatic rings. The molecule has 1 heterocycles. The molecule has 1 aliphatic carbocycles. The first-order valence-corrected chi connectivity index (χ1v) is 5.64. The number of aliphatic hydroxyl groups excluding tert-OH is 1. The van der Waals surface area contributed by atoms with Crippen molar-refractivity contribution in [3.8, 4) is 0 Å². The lowest BCUT2D eigenvalue weighted by atomic mass is 10.3. The molecule has 0 bridgehead atoms. The Morgan fingerprint density at radius 2 is 2.06 bits per heavy atom. The zero-order chi connectivity index (χ0) is 11.5. The molecule has 2 rings (SSSR count). The Bertz CT molecular complexity index is 291. The molecule has 0 aromatic heterocycles. The van der Waals surface area contributed by atoms with Crippen LogP contribution in [0.15, 0.2) is 0 Å². The van der Waals surface area contributed by atoms with Crippen LogP contribution < -0.4 is 10.6 Å². The molecule has 2 fully saturated rings. The molecule has 0 radical (unpaired) electrons. The second-order valence-electron chi connectivity index (χ2n) is 4.47. The van der Waals surface area contributed by atoms with E-state index in [-0.39, 0.29) is 24.6 Å². The summed E-state index contributed by atoms with van der Waals surface area (Å²) in [5.41, 5.74) is 0. The number of amides is 3. The summed E-state index contributed by atoms with van der Waals surface area (Å²) in [6.07, 6.45) is 2.36. The molecule has 16 heavy (non-hydrogen) atoms. The van der Waals surface area contributed by atoms with Crippen molar-refractivity contribution in [2.75, 3.05) is 19.6 Å². The lowest BCUT2D eigenvalue weighted by Gasteiger charge is -2.13. The molecule has 0 spiro atoms. The third-order valence-corrected chi connectivity index (χ3v) is 2.78. The number of rotatable bonds is 3. The lowest BCUT2D eigenvalue weighted by Crippen LogP contribution is -2.44. The van der Waals surface area contributed by atoms with E-state index in [0.717, 1.165) is 12.8 Å². The van der Waals surface area contributed by atoms with E-state index >= 15 is 0 Å². The minimum absolute atomic E-state index is 0.176. The molecule has 6 nitrogen and oxygen atoms in total. The maximum Gasteiger partial charge on any atom is 0.321 e. The fourth-order valence-corrected chi connectivity index (χ4v) is 1.77. The third kappa shape index (κ3) is 3.46. The van der Waals surface area contributed by atoms with E-state index in [4.69, 9.17) is 0 Å². The Hall–Kier alpha value is -1.14. The van der Waals surface area contributed by atoms with E-state index in [2.05, 4.69) is 10.6 Å². The molecule has 1 saturated carbocycles. The number of carbonyl (C=O) groups is 2. The predicted octanol–water partition coefficient (Wildman–Crippen LogP) is -0.959. The smallest absolute Gasteiger partial charge is 0.321 e. The topological polar surface area (TPSA) is 81.7 Å². The summed E-state index contributed by atoms with van der Waals surface area (Å²) in [7, 11) is 0. The van der Waals surface area contributed by atoms with Crippen molar-refractivity contribution in [1.29, 1.82) is 0 Å². The highest BCUT2D eigenvalue weighted by atomic mass is 16.3.